The van der Waals surface area contributed by atoms with Crippen molar-refractivity contribution in [1.29, 1.82) is 0 Å². The minimum atomic E-state index is -0.536. The zero-order chi connectivity index (χ0) is 12.3. The van der Waals surface area contributed by atoms with Gasteiger partial charge in [-0.25, -0.2) is 4.98 Å². The minimum absolute atomic E-state index is 0.129. The Balaban J connectivity index is 2.39. The quantitative estimate of drug-likeness (QED) is 0.503. The van der Waals surface area contributed by atoms with Crippen molar-refractivity contribution in [2.45, 2.75) is 10.1 Å². The molecule has 0 spiro atoms. The van der Waals surface area contributed by atoms with Crippen molar-refractivity contribution in [3.05, 3.63) is 40.2 Å². The largest absolute Gasteiger partial charge is 0.298 e. The number of hydrogen-bond donors (Lipinski definition) is 1. The zero-order valence-electron chi connectivity index (χ0n) is 8.36. The van der Waals surface area contributed by atoms with E-state index in [0.29, 0.717) is 16.3 Å². The van der Waals surface area contributed by atoms with Crippen molar-refractivity contribution < 1.29 is 9.72 Å². The average molecular weight is 250 g/mol. The van der Waals surface area contributed by atoms with Crippen LogP contribution >= 0.6 is 11.8 Å². The SMILES string of the molecule is O=Cc1ccc(Sc2ncn[nH]2)c([N+](=O)[O-])c1. The fraction of sp³-hybridized carbons (Fsp3) is 0. The van der Waals surface area contributed by atoms with Crippen LogP contribution in [0.4, 0.5) is 5.69 Å². The molecule has 0 radical (unpaired) electrons. The van der Waals surface area contributed by atoms with E-state index in [0.717, 1.165) is 11.8 Å². The number of aromatic amines is 1. The Bertz CT molecular complexity index is 555. The summed E-state index contributed by atoms with van der Waals surface area (Å²) in [6.45, 7) is 0. The zero-order valence-corrected chi connectivity index (χ0v) is 9.18. The molecule has 0 fully saturated rings. The molecule has 1 aromatic carbocycles. The van der Waals surface area contributed by atoms with Crippen molar-refractivity contribution in [2.24, 2.45) is 0 Å². The van der Waals surface area contributed by atoms with Crippen LogP contribution < -0.4 is 0 Å². The van der Waals surface area contributed by atoms with Crippen molar-refractivity contribution in [1.82, 2.24) is 15.2 Å². The third kappa shape index (κ3) is 2.48. The second-order valence-electron chi connectivity index (χ2n) is 2.99. The van der Waals surface area contributed by atoms with Crippen LogP contribution in [0.5, 0.6) is 0 Å². The number of rotatable bonds is 4. The predicted octanol–water partition coefficient (Wildman–Crippen LogP) is 1.68. The number of carbonyl (C=O) groups is 1. The molecule has 0 amide bonds. The lowest BCUT2D eigenvalue weighted by atomic mass is 10.2. The lowest BCUT2D eigenvalue weighted by Crippen LogP contribution is -1.93. The molecule has 86 valence electrons. The highest BCUT2D eigenvalue weighted by Gasteiger charge is 2.16. The number of hydrogen-bond acceptors (Lipinski definition) is 6. The molecule has 0 aliphatic carbocycles. The maximum atomic E-state index is 10.8. The number of carbonyl (C=O) groups excluding carboxylic acids is 1. The van der Waals surface area contributed by atoms with Crippen LogP contribution in [-0.2, 0) is 0 Å². The third-order valence-corrected chi connectivity index (χ3v) is 2.87. The molecule has 7 nitrogen and oxygen atoms in total. The Labute approximate surface area is 99.4 Å². The highest BCUT2D eigenvalue weighted by molar-refractivity contribution is 7.99. The normalized spacial score (nSPS) is 10.1. The van der Waals surface area contributed by atoms with Gasteiger partial charge in [0.05, 0.1) is 9.82 Å². The number of benzene rings is 1. The van der Waals surface area contributed by atoms with Gasteiger partial charge in [-0.1, -0.05) is 6.07 Å². The molecule has 0 bridgehead atoms. The fourth-order valence-electron chi connectivity index (χ4n) is 1.18. The Kier molecular flexibility index (Phi) is 3.15. The molecule has 2 rings (SSSR count). The lowest BCUT2D eigenvalue weighted by Gasteiger charge is -2.00. The van der Waals surface area contributed by atoms with Gasteiger partial charge in [0.25, 0.3) is 5.69 Å². The maximum Gasteiger partial charge on any atom is 0.284 e. The van der Waals surface area contributed by atoms with E-state index in [1.165, 1.54) is 24.5 Å². The van der Waals surface area contributed by atoms with Crippen LogP contribution in [0.25, 0.3) is 0 Å². The van der Waals surface area contributed by atoms with Gasteiger partial charge in [-0.15, -0.1) is 0 Å². The predicted molar refractivity (Wildman–Crippen MR) is 59.0 cm³/mol. The molecule has 8 heteroatoms. The summed E-state index contributed by atoms with van der Waals surface area (Å²) in [4.78, 5) is 25.1. The Morgan fingerprint density at radius 2 is 2.29 bits per heavy atom. The van der Waals surface area contributed by atoms with E-state index in [9.17, 15) is 14.9 Å². The highest BCUT2D eigenvalue weighted by Crippen LogP contribution is 2.32. The first-order chi connectivity index (χ1) is 8.20. The Hall–Kier alpha value is -2.22. The number of nitrogens with zero attached hydrogens (tertiary/aromatic N) is 3. The van der Waals surface area contributed by atoms with Crippen LogP contribution in [0, 0.1) is 10.1 Å². The van der Waals surface area contributed by atoms with E-state index in [-0.39, 0.29) is 11.3 Å². The van der Waals surface area contributed by atoms with Gasteiger partial charge < -0.3 is 0 Å². The number of aldehydes is 1. The van der Waals surface area contributed by atoms with Gasteiger partial charge in [0, 0.05) is 11.6 Å². The minimum Gasteiger partial charge on any atom is -0.298 e. The van der Waals surface area contributed by atoms with E-state index in [1.54, 1.807) is 0 Å². The number of nitrogens with one attached hydrogen (secondary N) is 1. The van der Waals surface area contributed by atoms with Crippen LogP contribution in [-0.4, -0.2) is 26.4 Å². The molecular formula is C9H6N4O3S. The lowest BCUT2D eigenvalue weighted by molar-refractivity contribution is -0.387. The first kappa shape index (κ1) is 11.3. The van der Waals surface area contributed by atoms with Crippen molar-refractivity contribution in [3.8, 4) is 0 Å². The van der Waals surface area contributed by atoms with Crippen molar-refractivity contribution >= 4 is 23.7 Å². The van der Waals surface area contributed by atoms with Gasteiger partial charge in [0.1, 0.15) is 12.6 Å². The summed E-state index contributed by atoms with van der Waals surface area (Å²) in [6, 6.07) is 4.25. The van der Waals surface area contributed by atoms with Crippen LogP contribution in [0.15, 0.2) is 34.6 Å². The average Bonchev–Trinajstić information content (AvgIpc) is 2.82. The van der Waals surface area contributed by atoms with Crippen LogP contribution in [0.1, 0.15) is 10.4 Å². The second kappa shape index (κ2) is 4.74. The molecule has 0 saturated carbocycles. The standard InChI is InChI=1S/C9H6N4O3S/c14-4-6-1-2-8(7(3-6)13(15)16)17-9-10-5-11-12-9/h1-5H,(H,10,11,12). The van der Waals surface area contributed by atoms with Gasteiger partial charge in [0.2, 0.25) is 0 Å². The molecule has 1 N–H and O–H groups in total. The topological polar surface area (TPSA) is 102 Å². The van der Waals surface area contributed by atoms with Gasteiger partial charge in [-0.2, -0.15) is 5.10 Å². The summed E-state index contributed by atoms with van der Waals surface area (Å²) >= 11 is 1.08. The number of aromatic nitrogens is 3. The van der Waals surface area contributed by atoms with Gasteiger partial charge in [-0.3, -0.25) is 20.0 Å². The molecular weight excluding hydrogens is 244 g/mol. The monoisotopic (exact) mass is 250 g/mol. The molecule has 1 aromatic heterocycles. The number of nitro groups is 1. The second-order valence-corrected chi connectivity index (χ2v) is 4.03. The molecule has 0 aliphatic rings. The summed E-state index contributed by atoms with van der Waals surface area (Å²) in [7, 11) is 0. The molecule has 0 unspecified atom stereocenters. The molecule has 1 heterocycles. The Morgan fingerprint density at radius 1 is 1.47 bits per heavy atom. The summed E-state index contributed by atoms with van der Waals surface area (Å²) in [5, 5.41) is 17.5. The summed E-state index contributed by atoms with van der Waals surface area (Å²) in [5.41, 5.74) is 0.134. The third-order valence-electron chi connectivity index (χ3n) is 1.92. The van der Waals surface area contributed by atoms with E-state index in [1.807, 2.05) is 0 Å². The first-order valence-electron chi connectivity index (χ1n) is 4.47. The summed E-state index contributed by atoms with van der Waals surface area (Å²) in [5.74, 6) is 0. The molecule has 17 heavy (non-hydrogen) atoms. The number of nitro benzene ring substituents is 1. The molecule has 0 aliphatic heterocycles. The molecule has 2 aromatic rings. The smallest absolute Gasteiger partial charge is 0.284 e. The van der Waals surface area contributed by atoms with E-state index in [4.69, 9.17) is 0 Å². The summed E-state index contributed by atoms with van der Waals surface area (Å²) < 4.78 is 0. The van der Waals surface area contributed by atoms with Gasteiger partial charge in [-0.05, 0) is 17.8 Å². The van der Waals surface area contributed by atoms with E-state index < -0.39 is 4.92 Å². The maximum absolute atomic E-state index is 10.8. The summed E-state index contributed by atoms with van der Waals surface area (Å²) in [6.07, 6.45) is 1.88. The van der Waals surface area contributed by atoms with Crippen molar-refractivity contribution in [2.75, 3.05) is 0 Å². The Morgan fingerprint density at radius 3 is 2.88 bits per heavy atom. The highest BCUT2D eigenvalue weighted by atomic mass is 32.2. The van der Waals surface area contributed by atoms with Crippen LogP contribution in [0.3, 0.4) is 0 Å². The van der Waals surface area contributed by atoms with Crippen molar-refractivity contribution in [3.63, 3.8) is 0 Å². The fourth-order valence-corrected chi connectivity index (χ4v) is 1.96. The van der Waals surface area contributed by atoms with Crippen LogP contribution in [0.2, 0.25) is 0 Å². The molecule has 0 saturated heterocycles. The van der Waals surface area contributed by atoms with E-state index in [2.05, 4.69) is 15.2 Å². The first-order valence-corrected chi connectivity index (χ1v) is 5.29. The van der Waals surface area contributed by atoms with E-state index >= 15 is 0 Å². The van der Waals surface area contributed by atoms with Gasteiger partial charge >= 0.3 is 0 Å². The molecule has 0 atom stereocenters. The number of H-pyrrole nitrogens is 1. The van der Waals surface area contributed by atoms with Gasteiger partial charge in [0.15, 0.2) is 5.16 Å².